The predicted molar refractivity (Wildman–Crippen MR) is 108 cm³/mol. The minimum atomic E-state index is 0.142. The fourth-order valence-corrected chi connectivity index (χ4v) is 3.37. The van der Waals surface area contributed by atoms with Gasteiger partial charge < -0.3 is 9.32 Å². The first-order valence-corrected chi connectivity index (χ1v) is 9.59. The van der Waals surface area contributed by atoms with Crippen LogP contribution in [0.1, 0.15) is 48.1 Å². The molecule has 0 saturated carbocycles. The Balaban J connectivity index is 1.77. The number of hydrogen-bond acceptors (Lipinski definition) is 2. The van der Waals surface area contributed by atoms with Crippen LogP contribution in [0.5, 0.6) is 0 Å². The van der Waals surface area contributed by atoms with Crippen molar-refractivity contribution < 1.29 is 9.21 Å². The lowest BCUT2D eigenvalue weighted by Crippen LogP contribution is -2.31. The second-order valence-electron chi connectivity index (χ2n) is 6.92. The Morgan fingerprint density at radius 1 is 1.00 bits per heavy atom. The van der Waals surface area contributed by atoms with Crippen LogP contribution in [0.2, 0.25) is 0 Å². The highest BCUT2D eigenvalue weighted by atomic mass is 16.3. The minimum Gasteiger partial charge on any atom is -0.469 e. The molecule has 0 saturated heterocycles. The van der Waals surface area contributed by atoms with Crippen LogP contribution in [0, 0.1) is 6.92 Å². The van der Waals surface area contributed by atoms with Gasteiger partial charge in [0.1, 0.15) is 5.76 Å². The van der Waals surface area contributed by atoms with Crippen molar-refractivity contribution in [3.8, 4) is 0 Å². The molecule has 1 amide bonds. The molecule has 0 bridgehead atoms. The smallest absolute Gasteiger partial charge is 0.222 e. The highest BCUT2D eigenvalue weighted by molar-refractivity contribution is 5.75. The number of nitrogens with zero attached hydrogens (tertiary/aromatic N) is 1. The van der Waals surface area contributed by atoms with Crippen LogP contribution in [-0.4, -0.2) is 17.4 Å². The topological polar surface area (TPSA) is 33.5 Å². The summed E-state index contributed by atoms with van der Waals surface area (Å²) in [6.07, 6.45) is 3.06. The van der Waals surface area contributed by atoms with E-state index in [2.05, 4.69) is 43.3 Å². The quantitative estimate of drug-likeness (QED) is 0.527. The normalized spacial score (nSPS) is 11.9. The van der Waals surface area contributed by atoms with Gasteiger partial charge in [-0.2, -0.15) is 0 Å². The molecule has 1 heterocycles. The van der Waals surface area contributed by atoms with Gasteiger partial charge in [-0.25, -0.2) is 0 Å². The molecule has 140 valence electrons. The van der Waals surface area contributed by atoms with Gasteiger partial charge in [0.2, 0.25) is 5.91 Å². The molecule has 1 atom stereocenters. The van der Waals surface area contributed by atoms with Crippen LogP contribution >= 0.6 is 0 Å². The molecule has 0 unspecified atom stereocenters. The molecule has 0 aliphatic rings. The van der Waals surface area contributed by atoms with Crippen LogP contribution in [0.15, 0.2) is 77.4 Å². The van der Waals surface area contributed by atoms with E-state index in [0.717, 1.165) is 17.7 Å². The zero-order valence-electron chi connectivity index (χ0n) is 16.1. The van der Waals surface area contributed by atoms with Crippen LogP contribution in [0.3, 0.4) is 0 Å². The van der Waals surface area contributed by atoms with Crippen LogP contribution < -0.4 is 0 Å². The van der Waals surface area contributed by atoms with E-state index in [4.69, 9.17) is 4.42 Å². The monoisotopic (exact) mass is 361 g/mol. The van der Waals surface area contributed by atoms with E-state index in [1.165, 1.54) is 11.1 Å². The number of aryl methyl sites for hydroxylation is 1. The van der Waals surface area contributed by atoms with E-state index in [0.29, 0.717) is 19.5 Å². The van der Waals surface area contributed by atoms with Gasteiger partial charge in [0.05, 0.1) is 6.26 Å². The Labute approximate surface area is 161 Å². The summed E-state index contributed by atoms with van der Waals surface area (Å²) in [5.41, 5.74) is 3.62. The Kier molecular flexibility index (Phi) is 6.48. The summed E-state index contributed by atoms with van der Waals surface area (Å²) < 4.78 is 5.71. The van der Waals surface area contributed by atoms with Gasteiger partial charge in [-0.15, -0.1) is 0 Å². The van der Waals surface area contributed by atoms with Crippen LogP contribution in [0.25, 0.3) is 0 Å². The maximum atomic E-state index is 12.5. The lowest BCUT2D eigenvalue weighted by molar-refractivity contribution is -0.131. The average Bonchev–Trinajstić information content (AvgIpc) is 3.23. The first-order valence-electron chi connectivity index (χ1n) is 9.59. The van der Waals surface area contributed by atoms with Crippen molar-refractivity contribution >= 4 is 5.91 Å². The highest BCUT2D eigenvalue weighted by Crippen LogP contribution is 2.29. The van der Waals surface area contributed by atoms with E-state index in [9.17, 15) is 4.79 Å². The van der Waals surface area contributed by atoms with E-state index in [-0.39, 0.29) is 11.8 Å². The summed E-state index contributed by atoms with van der Waals surface area (Å²) in [4.78, 5) is 14.5. The summed E-state index contributed by atoms with van der Waals surface area (Å²) in [5.74, 6) is 1.27. The van der Waals surface area contributed by atoms with E-state index >= 15 is 0 Å². The van der Waals surface area contributed by atoms with Crippen molar-refractivity contribution in [3.63, 3.8) is 0 Å². The molecule has 3 heteroatoms. The van der Waals surface area contributed by atoms with E-state index < -0.39 is 0 Å². The van der Waals surface area contributed by atoms with Gasteiger partial charge in [0, 0.05) is 25.4 Å². The van der Waals surface area contributed by atoms with Gasteiger partial charge in [0.25, 0.3) is 0 Å². The number of carbonyl (C=O) groups excluding carboxylic acids is 1. The Bertz CT molecular complexity index is 823. The maximum absolute atomic E-state index is 12.5. The maximum Gasteiger partial charge on any atom is 0.222 e. The van der Waals surface area contributed by atoms with Crippen LogP contribution in [-0.2, 0) is 11.3 Å². The van der Waals surface area contributed by atoms with Crippen molar-refractivity contribution in [2.75, 3.05) is 6.54 Å². The van der Waals surface area contributed by atoms with Gasteiger partial charge in [-0.3, -0.25) is 4.79 Å². The number of benzene rings is 2. The third-order valence-electron chi connectivity index (χ3n) is 4.93. The molecule has 0 fully saturated rings. The second kappa shape index (κ2) is 9.22. The highest BCUT2D eigenvalue weighted by Gasteiger charge is 2.20. The Morgan fingerprint density at radius 3 is 2.37 bits per heavy atom. The zero-order chi connectivity index (χ0) is 19.1. The molecule has 0 aliphatic carbocycles. The SMILES string of the molecule is CCC(=O)N(CC[C@H](c1ccc(C)cc1)c1ccco1)Cc1ccccc1. The molecule has 3 rings (SSSR count). The molecule has 3 nitrogen and oxygen atoms in total. The van der Waals surface area contributed by atoms with Crippen molar-refractivity contribution in [3.05, 3.63) is 95.4 Å². The Morgan fingerprint density at radius 2 is 1.74 bits per heavy atom. The second-order valence-corrected chi connectivity index (χ2v) is 6.92. The van der Waals surface area contributed by atoms with Crippen molar-refractivity contribution in [1.82, 2.24) is 4.90 Å². The molecule has 27 heavy (non-hydrogen) atoms. The minimum absolute atomic E-state index is 0.142. The average molecular weight is 361 g/mol. The molecule has 0 radical (unpaired) electrons. The molecule has 0 aliphatic heterocycles. The summed E-state index contributed by atoms with van der Waals surface area (Å²) in [7, 11) is 0. The number of rotatable bonds is 8. The molecule has 2 aromatic carbocycles. The van der Waals surface area contributed by atoms with Crippen molar-refractivity contribution in [2.24, 2.45) is 0 Å². The molecule has 1 aromatic heterocycles. The number of carbonyl (C=O) groups is 1. The third-order valence-corrected chi connectivity index (χ3v) is 4.93. The van der Waals surface area contributed by atoms with Gasteiger partial charge in [-0.05, 0) is 36.6 Å². The number of amides is 1. The zero-order valence-corrected chi connectivity index (χ0v) is 16.1. The molecule has 0 spiro atoms. The molecular weight excluding hydrogens is 334 g/mol. The van der Waals surface area contributed by atoms with Crippen LogP contribution in [0.4, 0.5) is 0 Å². The largest absolute Gasteiger partial charge is 0.469 e. The fraction of sp³-hybridized carbons (Fsp3) is 0.292. The summed E-state index contributed by atoms with van der Waals surface area (Å²) in [6.45, 7) is 5.35. The van der Waals surface area contributed by atoms with Gasteiger partial charge >= 0.3 is 0 Å². The standard InChI is InChI=1S/C24H27NO2/c1-3-24(26)25(18-20-8-5-4-6-9-20)16-15-22(23-10-7-17-27-23)21-13-11-19(2)12-14-21/h4-14,17,22H,3,15-16,18H2,1-2H3/t22-/m1/s1. The van der Waals surface area contributed by atoms with Gasteiger partial charge in [-0.1, -0.05) is 67.1 Å². The van der Waals surface area contributed by atoms with Crippen molar-refractivity contribution in [2.45, 2.75) is 39.2 Å². The third kappa shape index (κ3) is 5.10. The number of furan rings is 1. The molecular formula is C24H27NO2. The van der Waals surface area contributed by atoms with Gasteiger partial charge in [0.15, 0.2) is 0 Å². The lowest BCUT2D eigenvalue weighted by Gasteiger charge is -2.25. The summed E-state index contributed by atoms with van der Waals surface area (Å²) in [5, 5.41) is 0. The van der Waals surface area contributed by atoms with Crippen molar-refractivity contribution in [1.29, 1.82) is 0 Å². The molecule has 3 aromatic rings. The fourth-order valence-electron chi connectivity index (χ4n) is 3.37. The van der Waals surface area contributed by atoms with E-state index in [1.807, 2.05) is 42.2 Å². The lowest BCUT2D eigenvalue weighted by atomic mass is 9.92. The molecule has 0 N–H and O–H groups in total. The van der Waals surface area contributed by atoms with E-state index in [1.54, 1.807) is 6.26 Å². The summed E-state index contributed by atoms with van der Waals surface area (Å²) >= 11 is 0. The first kappa shape index (κ1) is 19.0. The first-order chi connectivity index (χ1) is 13.2. The Hall–Kier alpha value is -2.81. The number of hydrogen-bond donors (Lipinski definition) is 0. The summed E-state index contributed by atoms with van der Waals surface area (Å²) in [6, 6.07) is 22.7. The predicted octanol–water partition coefficient (Wildman–Crippen LogP) is 5.55.